The summed E-state index contributed by atoms with van der Waals surface area (Å²) in [6.07, 6.45) is 1.83. The minimum Gasteiger partial charge on any atom is -0.497 e. The van der Waals surface area contributed by atoms with Crippen LogP contribution in [0.15, 0.2) is 18.2 Å². The van der Waals surface area contributed by atoms with Gasteiger partial charge >= 0.3 is 0 Å². The first-order chi connectivity index (χ1) is 9.04. The van der Waals surface area contributed by atoms with Crippen molar-refractivity contribution in [3.63, 3.8) is 0 Å². The van der Waals surface area contributed by atoms with E-state index in [1.807, 2.05) is 13.1 Å². The number of hydrogen-bond donors (Lipinski definition) is 2. The summed E-state index contributed by atoms with van der Waals surface area (Å²) in [4.78, 5) is 0. The molecule has 1 aromatic carbocycles. The molecule has 0 saturated heterocycles. The first-order valence-electron chi connectivity index (χ1n) is 6.99. The van der Waals surface area contributed by atoms with Crippen LogP contribution in [0.4, 0.5) is 0 Å². The Morgan fingerprint density at radius 3 is 2.74 bits per heavy atom. The number of hydrogen-bond acceptors (Lipinski definition) is 3. The van der Waals surface area contributed by atoms with Crippen molar-refractivity contribution in [2.75, 3.05) is 20.8 Å². The number of aliphatic hydroxyl groups is 1. The van der Waals surface area contributed by atoms with E-state index in [1.54, 1.807) is 7.11 Å². The van der Waals surface area contributed by atoms with Gasteiger partial charge in [-0.05, 0) is 54.5 Å². The molecule has 1 aliphatic carbocycles. The SMILES string of the molecule is CNC1Cc2ccc(OC)cc2C(CCO)C1(C)C. The van der Waals surface area contributed by atoms with Crippen molar-refractivity contribution in [3.8, 4) is 5.75 Å². The molecule has 3 nitrogen and oxygen atoms in total. The van der Waals surface area contributed by atoms with Gasteiger partial charge in [0.05, 0.1) is 7.11 Å². The van der Waals surface area contributed by atoms with Gasteiger partial charge < -0.3 is 15.2 Å². The lowest BCUT2D eigenvalue weighted by Gasteiger charge is -2.46. The average molecular weight is 263 g/mol. The Bertz CT molecular complexity index is 442. The molecular weight excluding hydrogens is 238 g/mol. The summed E-state index contributed by atoms with van der Waals surface area (Å²) in [5.74, 6) is 1.26. The summed E-state index contributed by atoms with van der Waals surface area (Å²) >= 11 is 0. The molecule has 0 fully saturated rings. The van der Waals surface area contributed by atoms with E-state index < -0.39 is 0 Å². The molecule has 0 heterocycles. The molecule has 0 aromatic heterocycles. The molecule has 2 rings (SSSR count). The van der Waals surface area contributed by atoms with Crippen LogP contribution >= 0.6 is 0 Å². The quantitative estimate of drug-likeness (QED) is 0.876. The summed E-state index contributed by atoms with van der Waals surface area (Å²) in [7, 11) is 3.73. The van der Waals surface area contributed by atoms with Crippen molar-refractivity contribution in [1.29, 1.82) is 0 Å². The maximum absolute atomic E-state index is 9.41. The van der Waals surface area contributed by atoms with Gasteiger partial charge in [-0.2, -0.15) is 0 Å². The zero-order valence-electron chi connectivity index (χ0n) is 12.4. The molecule has 0 saturated carbocycles. The van der Waals surface area contributed by atoms with Crippen LogP contribution in [0.2, 0.25) is 0 Å². The first-order valence-corrected chi connectivity index (χ1v) is 6.99. The highest BCUT2D eigenvalue weighted by Gasteiger charge is 2.42. The third kappa shape index (κ3) is 2.49. The zero-order valence-corrected chi connectivity index (χ0v) is 12.4. The van der Waals surface area contributed by atoms with Crippen molar-refractivity contribution in [1.82, 2.24) is 5.32 Å². The summed E-state index contributed by atoms with van der Waals surface area (Å²) in [5.41, 5.74) is 2.83. The summed E-state index contributed by atoms with van der Waals surface area (Å²) < 4.78 is 5.35. The molecule has 106 valence electrons. The zero-order chi connectivity index (χ0) is 14.0. The molecule has 0 spiro atoms. The van der Waals surface area contributed by atoms with Crippen LogP contribution in [-0.2, 0) is 6.42 Å². The van der Waals surface area contributed by atoms with E-state index in [4.69, 9.17) is 4.74 Å². The van der Waals surface area contributed by atoms with Gasteiger partial charge in [0.1, 0.15) is 5.75 Å². The van der Waals surface area contributed by atoms with E-state index in [-0.39, 0.29) is 12.0 Å². The van der Waals surface area contributed by atoms with Crippen molar-refractivity contribution in [3.05, 3.63) is 29.3 Å². The number of nitrogens with one attached hydrogen (secondary N) is 1. The molecule has 2 unspecified atom stereocenters. The Balaban J connectivity index is 2.48. The van der Waals surface area contributed by atoms with E-state index in [0.717, 1.165) is 18.6 Å². The molecule has 0 bridgehead atoms. The maximum Gasteiger partial charge on any atom is 0.119 e. The number of aliphatic hydroxyl groups excluding tert-OH is 1. The molecule has 0 amide bonds. The highest BCUT2D eigenvalue weighted by Crippen LogP contribution is 2.47. The lowest BCUT2D eigenvalue weighted by molar-refractivity contribution is 0.149. The van der Waals surface area contributed by atoms with Crippen LogP contribution in [0.5, 0.6) is 5.75 Å². The molecule has 19 heavy (non-hydrogen) atoms. The number of methoxy groups -OCH3 is 1. The van der Waals surface area contributed by atoms with Gasteiger partial charge in [-0.15, -0.1) is 0 Å². The summed E-state index contributed by atoms with van der Waals surface area (Å²) in [6.45, 7) is 4.80. The van der Waals surface area contributed by atoms with Crippen LogP contribution in [0.3, 0.4) is 0 Å². The fourth-order valence-corrected chi connectivity index (χ4v) is 3.47. The normalized spacial score (nSPS) is 24.9. The Morgan fingerprint density at radius 2 is 2.16 bits per heavy atom. The van der Waals surface area contributed by atoms with Crippen molar-refractivity contribution < 1.29 is 9.84 Å². The van der Waals surface area contributed by atoms with E-state index in [2.05, 4.69) is 31.3 Å². The van der Waals surface area contributed by atoms with Gasteiger partial charge in [0.2, 0.25) is 0 Å². The number of ether oxygens (including phenoxy) is 1. The largest absolute Gasteiger partial charge is 0.497 e. The lowest BCUT2D eigenvalue weighted by Crippen LogP contribution is -2.48. The Kier molecular flexibility index (Phi) is 4.16. The van der Waals surface area contributed by atoms with Crippen LogP contribution in [0.1, 0.15) is 37.3 Å². The third-order valence-electron chi connectivity index (χ3n) is 4.71. The Morgan fingerprint density at radius 1 is 1.42 bits per heavy atom. The topological polar surface area (TPSA) is 41.5 Å². The molecule has 0 aliphatic heterocycles. The summed E-state index contributed by atoms with van der Waals surface area (Å²) in [6, 6.07) is 6.77. The highest BCUT2D eigenvalue weighted by atomic mass is 16.5. The average Bonchev–Trinajstić information content (AvgIpc) is 2.41. The molecule has 2 N–H and O–H groups in total. The first kappa shape index (κ1) is 14.4. The van der Waals surface area contributed by atoms with E-state index in [9.17, 15) is 5.11 Å². The fourth-order valence-electron chi connectivity index (χ4n) is 3.47. The second-order valence-electron chi connectivity index (χ2n) is 6.00. The standard InChI is InChI=1S/C16H25NO2/c1-16(2)14(7-8-18)13-10-12(19-4)6-5-11(13)9-15(16)17-3/h5-6,10,14-15,17-18H,7-9H2,1-4H3. The van der Waals surface area contributed by atoms with Crippen LogP contribution in [0.25, 0.3) is 0 Å². The van der Waals surface area contributed by atoms with Crippen molar-refractivity contribution >= 4 is 0 Å². The van der Waals surface area contributed by atoms with Crippen LogP contribution < -0.4 is 10.1 Å². The van der Waals surface area contributed by atoms with Gasteiger partial charge in [0.15, 0.2) is 0 Å². The van der Waals surface area contributed by atoms with Gasteiger partial charge in [0.25, 0.3) is 0 Å². The lowest BCUT2D eigenvalue weighted by atomic mass is 9.62. The van der Waals surface area contributed by atoms with Crippen molar-refractivity contribution in [2.24, 2.45) is 5.41 Å². The number of benzene rings is 1. The van der Waals surface area contributed by atoms with E-state index >= 15 is 0 Å². The van der Waals surface area contributed by atoms with Crippen molar-refractivity contribution in [2.45, 2.75) is 38.6 Å². The molecule has 3 heteroatoms. The number of rotatable bonds is 4. The number of likely N-dealkylation sites (N-methyl/N-ethyl adjacent to an activating group) is 1. The molecular formula is C16H25NO2. The molecule has 1 aliphatic rings. The molecule has 1 aromatic rings. The second-order valence-corrected chi connectivity index (χ2v) is 6.00. The van der Waals surface area contributed by atoms with Crippen LogP contribution in [0, 0.1) is 5.41 Å². The van der Waals surface area contributed by atoms with Gasteiger partial charge in [-0.1, -0.05) is 19.9 Å². The maximum atomic E-state index is 9.41. The van der Waals surface area contributed by atoms with Gasteiger partial charge in [-0.25, -0.2) is 0 Å². The molecule has 0 radical (unpaired) electrons. The smallest absolute Gasteiger partial charge is 0.119 e. The Labute approximate surface area is 116 Å². The monoisotopic (exact) mass is 263 g/mol. The van der Waals surface area contributed by atoms with E-state index in [0.29, 0.717) is 12.0 Å². The predicted octanol–water partition coefficient (Wildman–Crippen LogP) is 2.33. The second kappa shape index (κ2) is 5.51. The van der Waals surface area contributed by atoms with Crippen LogP contribution in [-0.4, -0.2) is 31.9 Å². The Hall–Kier alpha value is -1.06. The third-order valence-corrected chi connectivity index (χ3v) is 4.71. The van der Waals surface area contributed by atoms with Gasteiger partial charge in [0, 0.05) is 12.6 Å². The fraction of sp³-hybridized carbons (Fsp3) is 0.625. The minimum atomic E-state index is 0.122. The van der Waals surface area contributed by atoms with E-state index in [1.165, 1.54) is 11.1 Å². The summed E-state index contributed by atoms with van der Waals surface area (Å²) in [5, 5.41) is 12.8. The number of fused-ring (bicyclic) bond motifs is 1. The predicted molar refractivity (Wildman–Crippen MR) is 77.8 cm³/mol. The van der Waals surface area contributed by atoms with Gasteiger partial charge in [-0.3, -0.25) is 0 Å². The highest BCUT2D eigenvalue weighted by molar-refractivity contribution is 5.42. The minimum absolute atomic E-state index is 0.122. The molecule has 2 atom stereocenters.